The van der Waals surface area contributed by atoms with Crippen LogP contribution in [0.25, 0.3) is 22.3 Å². The lowest BCUT2D eigenvalue weighted by molar-refractivity contribution is -0.278. The summed E-state index contributed by atoms with van der Waals surface area (Å²) in [4.78, 5) is 14.8. The standard InChI is InChI=1S/C39H50O25/c1-11-21(43)26(48)30(52)36(56-11)57-13-4-2-12(3-5-13)34-35(64-39-33(55)29(51)24(46)19(10-42)63-39)25(47)20-15(59-34)6-14(58-37-31(53)27(49)22(44)17(8-40)61-37)7-16(20)60-38-32(54)28(50)23(45)18(9-41)62-38/h2-7,11,17-19,21-24,26-33,36-46,48-55H,8-10H2,1H3/t11-,17?,18?,19?,21-,22?,23?,24?,26+,27?,28?,29?,30+,31?,32?,33?,36?,37?,38?,39?/m1/s1. The van der Waals surface area contributed by atoms with Gasteiger partial charge in [0.2, 0.25) is 36.3 Å². The molecule has 25 heteroatoms. The molecule has 20 atom stereocenters. The molecule has 15 N–H and O–H groups in total. The number of benzene rings is 2. The van der Waals surface area contributed by atoms with Crippen LogP contribution in [0, 0.1) is 0 Å². The highest BCUT2D eigenvalue weighted by Gasteiger charge is 2.48. The average molecular weight is 919 g/mol. The third-order valence-electron chi connectivity index (χ3n) is 11.3. The first-order valence-corrected chi connectivity index (χ1v) is 19.9. The summed E-state index contributed by atoms with van der Waals surface area (Å²) in [6, 6.07) is 7.25. The molecule has 0 bridgehead atoms. The Labute approximate surface area is 360 Å². The van der Waals surface area contributed by atoms with Crippen molar-refractivity contribution in [2.45, 2.75) is 130 Å². The van der Waals surface area contributed by atoms with Gasteiger partial charge in [0.1, 0.15) is 120 Å². The van der Waals surface area contributed by atoms with Gasteiger partial charge in [-0.3, -0.25) is 4.79 Å². The Morgan fingerprint density at radius 3 is 1.39 bits per heavy atom. The summed E-state index contributed by atoms with van der Waals surface area (Å²) in [5.41, 5.74) is -1.62. The van der Waals surface area contributed by atoms with Crippen LogP contribution in [0.1, 0.15) is 6.92 Å². The summed E-state index contributed by atoms with van der Waals surface area (Å²) in [5.74, 6) is -2.23. The van der Waals surface area contributed by atoms with Crippen LogP contribution in [0.2, 0.25) is 0 Å². The molecule has 3 aromatic rings. The second-order valence-corrected chi connectivity index (χ2v) is 15.7. The Balaban J connectivity index is 1.36. The molecule has 0 amide bonds. The normalized spacial score (nSPS) is 40.5. The number of ether oxygens (including phenoxy) is 8. The molecule has 4 fully saturated rings. The molecule has 0 spiro atoms. The largest absolute Gasteiger partial charge is 0.462 e. The molecule has 0 aliphatic carbocycles. The van der Waals surface area contributed by atoms with Crippen LogP contribution in [-0.4, -0.2) is 219 Å². The maximum absolute atomic E-state index is 14.8. The zero-order valence-electron chi connectivity index (χ0n) is 33.4. The van der Waals surface area contributed by atoms with Crippen LogP contribution in [0.3, 0.4) is 0 Å². The lowest BCUT2D eigenvalue weighted by Crippen LogP contribution is -2.60. The predicted molar refractivity (Wildman–Crippen MR) is 204 cm³/mol. The Morgan fingerprint density at radius 1 is 0.484 bits per heavy atom. The highest BCUT2D eigenvalue weighted by molar-refractivity contribution is 5.88. The molecule has 1 aromatic heterocycles. The van der Waals surface area contributed by atoms with Crippen LogP contribution in [0.5, 0.6) is 23.0 Å². The monoisotopic (exact) mass is 918 g/mol. The number of rotatable bonds is 12. The van der Waals surface area contributed by atoms with E-state index in [-0.39, 0.29) is 17.1 Å². The van der Waals surface area contributed by atoms with E-state index in [0.29, 0.717) is 0 Å². The van der Waals surface area contributed by atoms with Gasteiger partial charge in [0, 0.05) is 17.7 Å². The van der Waals surface area contributed by atoms with Gasteiger partial charge in [-0.1, -0.05) is 0 Å². The fourth-order valence-corrected chi connectivity index (χ4v) is 7.50. The maximum atomic E-state index is 14.8. The highest BCUT2D eigenvalue weighted by atomic mass is 16.7. The average Bonchev–Trinajstić information content (AvgIpc) is 3.28. The first-order chi connectivity index (χ1) is 30.4. The maximum Gasteiger partial charge on any atom is 0.239 e. The molecular weight excluding hydrogens is 868 g/mol. The van der Waals surface area contributed by atoms with Gasteiger partial charge >= 0.3 is 0 Å². The number of aliphatic hydroxyl groups excluding tert-OH is 15. The third-order valence-corrected chi connectivity index (χ3v) is 11.3. The van der Waals surface area contributed by atoms with E-state index < -0.39 is 176 Å². The molecule has 4 aliphatic heterocycles. The number of hydrogen-bond donors (Lipinski definition) is 15. The van der Waals surface area contributed by atoms with Crippen molar-refractivity contribution in [1.82, 2.24) is 0 Å². The summed E-state index contributed by atoms with van der Waals surface area (Å²) in [6.07, 6.45) is -34.7. The van der Waals surface area contributed by atoms with Crippen molar-refractivity contribution in [2.75, 3.05) is 19.8 Å². The Hall–Kier alpha value is -3.91. The minimum absolute atomic E-state index is 0.00321. The van der Waals surface area contributed by atoms with Crippen LogP contribution in [0.15, 0.2) is 45.6 Å². The molecule has 0 saturated carbocycles. The van der Waals surface area contributed by atoms with E-state index in [2.05, 4.69) is 0 Å². The smallest absolute Gasteiger partial charge is 0.239 e. The fraction of sp³-hybridized carbons (Fsp3) is 0.615. The molecule has 4 aliphatic rings. The molecule has 5 heterocycles. The van der Waals surface area contributed by atoms with E-state index in [4.69, 9.17) is 42.3 Å². The van der Waals surface area contributed by atoms with Gasteiger partial charge in [-0.15, -0.1) is 0 Å². The number of fused-ring (bicyclic) bond motifs is 1. The second kappa shape index (κ2) is 19.5. The molecule has 7 rings (SSSR count). The van der Waals surface area contributed by atoms with E-state index in [9.17, 15) is 81.4 Å². The van der Waals surface area contributed by atoms with E-state index in [1.165, 1.54) is 31.2 Å². The van der Waals surface area contributed by atoms with Gasteiger partial charge in [-0.2, -0.15) is 0 Å². The molecule has 356 valence electrons. The summed E-state index contributed by atoms with van der Waals surface area (Å²) in [7, 11) is 0. The molecular formula is C39H50O25. The summed E-state index contributed by atoms with van der Waals surface area (Å²) in [5, 5.41) is 155. The Morgan fingerprint density at radius 2 is 0.906 bits per heavy atom. The summed E-state index contributed by atoms with van der Waals surface area (Å²) < 4.78 is 51.5. The van der Waals surface area contributed by atoms with Crippen LogP contribution in [-0.2, 0) is 18.9 Å². The highest BCUT2D eigenvalue weighted by Crippen LogP contribution is 2.40. The molecule has 4 saturated heterocycles. The summed E-state index contributed by atoms with van der Waals surface area (Å²) >= 11 is 0. The van der Waals surface area contributed by atoms with Crippen molar-refractivity contribution in [2.24, 2.45) is 0 Å². The first-order valence-electron chi connectivity index (χ1n) is 19.9. The van der Waals surface area contributed by atoms with E-state index in [1.54, 1.807) is 0 Å². The molecule has 2 aromatic carbocycles. The van der Waals surface area contributed by atoms with Crippen LogP contribution >= 0.6 is 0 Å². The van der Waals surface area contributed by atoms with Gasteiger partial charge in [-0.25, -0.2) is 0 Å². The zero-order valence-corrected chi connectivity index (χ0v) is 33.4. The van der Waals surface area contributed by atoms with E-state index in [0.717, 1.165) is 12.1 Å². The van der Waals surface area contributed by atoms with Gasteiger partial charge in [0.15, 0.2) is 5.76 Å². The first kappa shape index (κ1) is 48.0. The SMILES string of the molecule is C[C@H]1OC(Oc2ccc(-c3oc4cc(OC5OC(CO)C(O)C(O)C5O)cc(OC5OC(CO)C(O)C(O)C5O)c4c(=O)c3OC3OC(CO)C(O)C(O)C3O)cc2)[C@@H](O)[C@@H](O)[C@@H]1O. The van der Waals surface area contributed by atoms with Gasteiger partial charge in [0.25, 0.3) is 0 Å². The van der Waals surface area contributed by atoms with Crippen molar-refractivity contribution in [3.8, 4) is 34.3 Å². The van der Waals surface area contributed by atoms with E-state index in [1.807, 2.05) is 0 Å². The number of hydrogen-bond acceptors (Lipinski definition) is 25. The van der Waals surface area contributed by atoms with E-state index >= 15 is 0 Å². The molecule has 64 heavy (non-hydrogen) atoms. The minimum Gasteiger partial charge on any atom is -0.462 e. The van der Waals surface area contributed by atoms with Gasteiger partial charge in [-0.05, 0) is 31.2 Å². The Kier molecular flexibility index (Phi) is 14.6. The quantitative estimate of drug-likeness (QED) is 0.0803. The third kappa shape index (κ3) is 9.12. The lowest BCUT2D eigenvalue weighted by atomic mass is 9.99. The van der Waals surface area contributed by atoms with Crippen molar-refractivity contribution in [1.29, 1.82) is 0 Å². The molecule has 16 unspecified atom stereocenters. The summed E-state index contributed by atoms with van der Waals surface area (Å²) in [6.45, 7) is -1.14. The number of aliphatic hydroxyl groups is 15. The minimum atomic E-state index is -2.06. The zero-order chi connectivity index (χ0) is 46.5. The van der Waals surface area contributed by atoms with Gasteiger partial charge < -0.3 is 119 Å². The second-order valence-electron chi connectivity index (χ2n) is 15.7. The Bertz CT molecular complexity index is 2100. The van der Waals surface area contributed by atoms with Crippen molar-refractivity contribution in [3.05, 3.63) is 46.6 Å². The predicted octanol–water partition coefficient (Wildman–Crippen LogP) is -6.80. The molecule has 0 radical (unpaired) electrons. The van der Waals surface area contributed by atoms with Crippen molar-refractivity contribution >= 4 is 11.0 Å². The molecule has 25 nitrogen and oxygen atoms in total. The lowest BCUT2D eigenvalue weighted by Gasteiger charge is -2.40. The van der Waals surface area contributed by atoms with Crippen molar-refractivity contribution < 1.29 is 119 Å². The van der Waals surface area contributed by atoms with Gasteiger partial charge in [0.05, 0.1) is 25.9 Å². The van der Waals surface area contributed by atoms with Crippen molar-refractivity contribution in [3.63, 3.8) is 0 Å². The van der Waals surface area contributed by atoms with Crippen LogP contribution in [0.4, 0.5) is 0 Å². The fourth-order valence-electron chi connectivity index (χ4n) is 7.50. The topological polar surface area (TPSA) is 408 Å². The van der Waals surface area contributed by atoms with Crippen LogP contribution < -0.4 is 24.4 Å².